The fourth-order valence-electron chi connectivity index (χ4n) is 1.60. The maximum absolute atomic E-state index is 13.0. The molecule has 2 aromatic rings. The van der Waals surface area contributed by atoms with Gasteiger partial charge < -0.3 is 5.32 Å². The Bertz CT molecular complexity index is 527. The largest absolute Gasteiger partial charge is 0.310 e. The first kappa shape index (κ1) is 13.0. The normalized spacial score (nSPS) is 10.8. The summed E-state index contributed by atoms with van der Waals surface area (Å²) >= 11 is 5.74. The van der Waals surface area contributed by atoms with Crippen molar-refractivity contribution in [2.45, 2.75) is 20.0 Å². The van der Waals surface area contributed by atoms with Gasteiger partial charge >= 0.3 is 0 Å². The van der Waals surface area contributed by atoms with Crippen LogP contribution in [0.2, 0.25) is 5.02 Å². The lowest BCUT2D eigenvalue weighted by Gasteiger charge is -2.07. The van der Waals surface area contributed by atoms with E-state index in [4.69, 9.17) is 11.6 Å². The molecule has 0 saturated carbocycles. The van der Waals surface area contributed by atoms with Crippen molar-refractivity contribution in [3.8, 4) is 0 Å². The van der Waals surface area contributed by atoms with E-state index in [9.17, 15) is 4.39 Å². The van der Waals surface area contributed by atoms with Gasteiger partial charge in [0.05, 0.1) is 18.1 Å². The fraction of sp³-hybridized carbons (Fsp3) is 0.333. The molecule has 0 atom stereocenters. The van der Waals surface area contributed by atoms with E-state index in [0.29, 0.717) is 13.1 Å². The predicted molar refractivity (Wildman–Crippen MR) is 67.9 cm³/mol. The highest BCUT2D eigenvalue weighted by atomic mass is 35.5. The van der Waals surface area contributed by atoms with E-state index in [-0.39, 0.29) is 5.02 Å². The average Bonchev–Trinajstić information content (AvgIpc) is 2.79. The molecule has 1 N–H and O–H groups in total. The molecule has 4 nitrogen and oxygen atoms in total. The standard InChI is InChI=1S/C12H14ClFN4/c1-2-15-6-12-16-8-17-18(12)7-9-3-4-11(14)10(13)5-9/h3-5,8,15H,2,6-7H2,1H3. The van der Waals surface area contributed by atoms with Gasteiger partial charge in [-0.15, -0.1) is 0 Å². The number of nitrogens with zero attached hydrogens (tertiary/aromatic N) is 3. The van der Waals surface area contributed by atoms with Crippen LogP contribution in [0, 0.1) is 5.82 Å². The van der Waals surface area contributed by atoms with E-state index in [1.54, 1.807) is 16.8 Å². The molecule has 1 aromatic heterocycles. The van der Waals surface area contributed by atoms with Gasteiger partial charge in [0.25, 0.3) is 0 Å². The fourth-order valence-corrected chi connectivity index (χ4v) is 1.81. The minimum absolute atomic E-state index is 0.126. The lowest BCUT2D eigenvalue weighted by Crippen LogP contribution is -2.17. The number of hydrogen-bond donors (Lipinski definition) is 1. The molecule has 96 valence electrons. The van der Waals surface area contributed by atoms with Crippen LogP contribution in [0.15, 0.2) is 24.5 Å². The monoisotopic (exact) mass is 268 g/mol. The number of halogens is 2. The van der Waals surface area contributed by atoms with E-state index < -0.39 is 5.82 Å². The molecule has 0 amide bonds. The molecule has 0 aliphatic carbocycles. The van der Waals surface area contributed by atoms with Crippen molar-refractivity contribution >= 4 is 11.6 Å². The van der Waals surface area contributed by atoms with Gasteiger partial charge in [-0.25, -0.2) is 14.1 Å². The van der Waals surface area contributed by atoms with Gasteiger partial charge in [-0.3, -0.25) is 0 Å². The first-order valence-corrected chi connectivity index (χ1v) is 6.10. The Balaban J connectivity index is 2.13. The second-order valence-electron chi connectivity index (χ2n) is 3.86. The molecule has 0 aliphatic heterocycles. The van der Waals surface area contributed by atoms with E-state index in [1.807, 2.05) is 6.92 Å². The van der Waals surface area contributed by atoms with Crippen LogP contribution in [0.5, 0.6) is 0 Å². The van der Waals surface area contributed by atoms with Crippen LogP contribution < -0.4 is 5.32 Å². The summed E-state index contributed by atoms with van der Waals surface area (Å²) in [5, 5.41) is 7.46. The number of hydrogen-bond acceptors (Lipinski definition) is 3. The molecule has 6 heteroatoms. The van der Waals surface area contributed by atoms with Crippen LogP contribution in [0.3, 0.4) is 0 Å². The lowest BCUT2D eigenvalue weighted by molar-refractivity contribution is 0.593. The molecular weight excluding hydrogens is 255 g/mol. The molecule has 0 aliphatic rings. The number of nitrogens with one attached hydrogen (secondary N) is 1. The van der Waals surface area contributed by atoms with Crippen LogP contribution in [0.1, 0.15) is 18.3 Å². The first-order chi connectivity index (χ1) is 8.70. The molecule has 18 heavy (non-hydrogen) atoms. The molecule has 2 rings (SSSR count). The number of rotatable bonds is 5. The molecule has 1 aromatic carbocycles. The number of benzene rings is 1. The Hall–Kier alpha value is -1.46. The van der Waals surface area contributed by atoms with Crippen molar-refractivity contribution in [1.82, 2.24) is 20.1 Å². The second kappa shape index (κ2) is 5.93. The maximum atomic E-state index is 13.0. The molecule has 1 heterocycles. The van der Waals surface area contributed by atoms with Crippen molar-refractivity contribution in [2.75, 3.05) is 6.54 Å². The van der Waals surface area contributed by atoms with Crippen LogP contribution >= 0.6 is 11.6 Å². The van der Waals surface area contributed by atoms with Crippen LogP contribution in [0.4, 0.5) is 4.39 Å². The first-order valence-electron chi connectivity index (χ1n) is 5.72. The van der Waals surface area contributed by atoms with Gasteiger partial charge in [0.15, 0.2) is 0 Å². The van der Waals surface area contributed by atoms with E-state index >= 15 is 0 Å². The predicted octanol–water partition coefficient (Wildman–Crippen LogP) is 2.23. The summed E-state index contributed by atoms with van der Waals surface area (Å²) in [6.07, 6.45) is 1.51. The van der Waals surface area contributed by atoms with Crippen molar-refractivity contribution in [1.29, 1.82) is 0 Å². The highest BCUT2D eigenvalue weighted by molar-refractivity contribution is 6.30. The summed E-state index contributed by atoms with van der Waals surface area (Å²) in [5.41, 5.74) is 0.893. The molecular formula is C12H14ClFN4. The van der Waals surface area contributed by atoms with Gasteiger partial charge in [0.1, 0.15) is 18.0 Å². The van der Waals surface area contributed by atoms with Gasteiger partial charge in [-0.2, -0.15) is 5.10 Å². The topological polar surface area (TPSA) is 42.7 Å². The van der Waals surface area contributed by atoms with Gasteiger partial charge in [0, 0.05) is 0 Å². The molecule has 0 saturated heterocycles. The minimum atomic E-state index is -0.410. The van der Waals surface area contributed by atoms with Crippen molar-refractivity contribution in [2.24, 2.45) is 0 Å². The Morgan fingerprint density at radius 1 is 1.44 bits per heavy atom. The smallest absolute Gasteiger partial charge is 0.141 e. The Labute approximate surface area is 110 Å². The van der Waals surface area contributed by atoms with E-state index in [0.717, 1.165) is 17.9 Å². The maximum Gasteiger partial charge on any atom is 0.141 e. The molecule has 0 fully saturated rings. The SMILES string of the molecule is CCNCc1ncnn1Cc1ccc(F)c(Cl)c1. The second-order valence-corrected chi connectivity index (χ2v) is 4.27. The third-order valence-electron chi connectivity index (χ3n) is 2.55. The third-order valence-corrected chi connectivity index (χ3v) is 2.83. The summed E-state index contributed by atoms with van der Waals surface area (Å²) < 4.78 is 14.8. The molecule has 0 bridgehead atoms. The molecule has 0 spiro atoms. The van der Waals surface area contributed by atoms with E-state index in [2.05, 4.69) is 15.4 Å². The zero-order chi connectivity index (χ0) is 13.0. The van der Waals surface area contributed by atoms with Crippen molar-refractivity contribution < 1.29 is 4.39 Å². The minimum Gasteiger partial charge on any atom is -0.310 e. The summed E-state index contributed by atoms with van der Waals surface area (Å²) in [4.78, 5) is 4.17. The zero-order valence-electron chi connectivity index (χ0n) is 10.0. The summed E-state index contributed by atoms with van der Waals surface area (Å²) in [6.45, 7) is 4.09. The van der Waals surface area contributed by atoms with Crippen LogP contribution in [-0.4, -0.2) is 21.3 Å². The Morgan fingerprint density at radius 3 is 3.00 bits per heavy atom. The lowest BCUT2D eigenvalue weighted by atomic mass is 10.2. The third kappa shape index (κ3) is 3.05. The molecule has 0 radical (unpaired) electrons. The van der Waals surface area contributed by atoms with Crippen molar-refractivity contribution in [3.05, 3.63) is 46.8 Å². The molecule has 0 unspecified atom stereocenters. The zero-order valence-corrected chi connectivity index (χ0v) is 10.8. The number of aromatic nitrogens is 3. The summed E-state index contributed by atoms with van der Waals surface area (Å²) in [5.74, 6) is 0.434. The highest BCUT2D eigenvalue weighted by Gasteiger charge is 2.06. The van der Waals surface area contributed by atoms with Crippen molar-refractivity contribution in [3.63, 3.8) is 0 Å². The Morgan fingerprint density at radius 2 is 2.28 bits per heavy atom. The van der Waals surface area contributed by atoms with E-state index in [1.165, 1.54) is 12.4 Å². The van der Waals surface area contributed by atoms with Crippen LogP contribution in [-0.2, 0) is 13.1 Å². The van der Waals surface area contributed by atoms with Gasteiger partial charge in [0.2, 0.25) is 0 Å². The van der Waals surface area contributed by atoms with Gasteiger partial charge in [-0.05, 0) is 24.2 Å². The quantitative estimate of drug-likeness (QED) is 0.904. The average molecular weight is 269 g/mol. The summed E-state index contributed by atoms with van der Waals surface area (Å²) in [6, 6.07) is 4.66. The Kier molecular flexibility index (Phi) is 4.28. The van der Waals surface area contributed by atoms with Crippen LogP contribution in [0.25, 0.3) is 0 Å². The highest BCUT2D eigenvalue weighted by Crippen LogP contribution is 2.16. The summed E-state index contributed by atoms with van der Waals surface area (Å²) in [7, 11) is 0. The van der Waals surface area contributed by atoms with Gasteiger partial charge in [-0.1, -0.05) is 24.6 Å².